The smallest absolute Gasteiger partial charge is 0.259 e. The monoisotopic (exact) mass is 298 g/mol. The summed E-state index contributed by atoms with van der Waals surface area (Å²) in [7, 11) is 0. The van der Waals surface area contributed by atoms with Gasteiger partial charge in [0.15, 0.2) is 0 Å². The molecule has 2 fully saturated rings. The van der Waals surface area contributed by atoms with E-state index in [1.165, 1.54) is 10.5 Å². The summed E-state index contributed by atoms with van der Waals surface area (Å²) in [5.41, 5.74) is 0.493. The van der Waals surface area contributed by atoms with Crippen molar-refractivity contribution < 1.29 is 4.79 Å². The van der Waals surface area contributed by atoms with Crippen LogP contribution in [0.3, 0.4) is 0 Å². The number of hydrogen-bond acceptors (Lipinski definition) is 4. The lowest BCUT2D eigenvalue weighted by Crippen LogP contribution is -2.44. The summed E-state index contributed by atoms with van der Waals surface area (Å²) in [6, 6.07) is 7.13. The van der Waals surface area contributed by atoms with E-state index in [-0.39, 0.29) is 17.5 Å². The van der Waals surface area contributed by atoms with E-state index >= 15 is 0 Å². The number of hydrogen-bond donors (Lipinski definition) is 1. The van der Waals surface area contributed by atoms with Crippen molar-refractivity contribution in [3.8, 4) is 0 Å². The van der Waals surface area contributed by atoms with Crippen LogP contribution in [-0.2, 0) is 4.79 Å². The molecule has 4 rings (SSSR count). The van der Waals surface area contributed by atoms with Gasteiger partial charge in [0.05, 0.1) is 0 Å². The topological polar surface area (TPSA) is 66.7 Å². The Morgan fingerprint density at radius 1 is 1.27 bits per heavy atom. The van der Waals surface area contributed by atoms with E-state index in [0.29, 0.717) is 17.5 Å². The third-order valence-electron chi connectivity index (χ3n) is 4.33. The zero-order chi connectivity index (χ0) is 15.1. The molecule has 2 aromatic heterocycles. The van der Waals surface area contributed by atoms with E-state index < -0.39 is 0 Å². The number of amides is 1. The molecule has 1 unspecified atom stereocenters. The largest absolute Gasteiger partial charge is 0.352 e. The first-order chi connectivity index (χ1) is 10.7. The Balaban J connectivity index is 1.67. The number of nitrogens with zero attached hydrogens (tertiary/aromatic N) is 3. The van der Waals surface area contributed by atoms with E-state index in [1.807, 2.05) is 11.0 Å². The molecule has 2 aliphatic rings. The Hall–Kier alpha value is -2.37. The van der Waals surface area contributed by atoms with Crippen LogP contribution in [0.1, 0.15) is 25.7 Å². The second-order valence-corrected chi connectivity index (χ2v) is 6.02. The van der Waals surface area contributed by atoms with Crippen molar-refractivity contribution in [1.29, 1.82) is 0 Å². The quantitative estimate of drug-likeness (QED) is 0.916. The van der Waals surface area contributed by atoms with Crippen LogP contribution in [0.25, 0.3) is 5.65 Å². The SMILES string of the molecule is O=C(NC1CC1)C1CCCN1c1cc(=O)n2ccccc2n1. The maximum atomic E-state index is 12.4. The average molecular weight is 298 g/mol. The maximum absolute atomic E-state index is 12.4. The van der Waals surface area contributed by atoms with Crippen molar-refractivity contribution in [3.05, 3.63) is 40.8 Å². The first-order valence-electron chi connectivity index (χ1n) is 7.78. The third-order valence-corrected chi connectivity index (χ3v) is 4.33. The Labute approximate surface area is 127 Å². The Morgan fingerprint density at radius 2 is 2.14 bits per heavy atom. The lowest BCUT2D eigenvalue weighted by atomic mass is 10.2. The van der Waals surface area contributed by atoms with Crippen LogP contribution >= 0.6 is 0 Å². The predicted molar refractivity (Wildman–Crippen MR) is 83.0 cm³/mol. The minimum Gasteiger partial charge on any atom is -0.352 e. The van der Waals surface area contributed by atoms with E-state index in [1.54, 1.807) is 18.3 Å². The number of carbonyl (C=O) groups is 1. The zero-order valence-electron chi connectivity index (χ0n) is 12.2. The fraction of sp³-hybridized carbons (Fsp3) is 0.438. The average Bonchev–Trinajstić information content (AvgIpc) is 3.19. The highest BCUT2D eigenvalue weighted by Gasteiger charge is 2.34. The van der Waals surface area contributed by atoms with Gasteiger partial charge in [-0.15, -0.1) is 0 Å². The minimum absolute atomic E-state index is 0.0649. The number of nitrogens with one attached hydrogen (secondary N) is 1. The fourth-order valence-corrected chi connectivity index (χ4v) is 3.03. The second-order valence-electron chi connectivity index (χ2n) is 6.02. The minimum atomic E-state index is -0.210. The van der Waals surface area contributed by atoms with Crippen LogP contribution in [0.15, 0.2) is 35.3 Å². The van der Waals surface area contributed by atoms with Crippen molar-refractivity contribution in [1.82, 2.24) is 14.7 Å². The zero-order valence-corrected chi connectivity index (χ0v) is 12.2. The van der Waals surface area contributed by atoms with Crippen LogP contribution in [0.4, 0.5) is 5.82 Å². The van der Waals surface area contributed by atoms with Gasteiger partial charge in [-0.2, -0.15) is 0 Å². The van der Waals surface area contributed by atoms with E-state index in [0.717, 1.165) is 32.2 Å². The molecule has 22 heavy (non-hydrogen) atoms. The number of anilines is 1. The molecule has 1 saturated carbocycles. The summed E-state index contributed by atoms with van der Waals surface area (Å²) in [6.45, 7) is 0.762. The van der Waals surface area contributed by atoms with Crippen molar-refractivity contribution in [2.24, 2.45) is 0 Å². The highest BCUT2D eigenvalue weighted by atomic mass is 16.2. The highest BCUT2D eigenvalue weighted by molar-refractivity contribution is 5.86. The van der Waals surface area contributed by atoms with E-state index in [4.69, 9.17) is 0 Å². The summed E-state index contributed by atoms with van der Waals surface area (Å²) in [6.07, 6.45) is 5.62. The van der Waals surface area contributed by atoms with Crippen molar-refractivity contribution in [3.63, 3.8) is 0 Å². The molecule has 0 spiro atoms. The lowest BCUT2D eigenvalue weighted by Gasteiger charge is -2.25. The molecule has 0 aromatic carbocycles. The standard InChI is InChI=1S/C16H18N4O2/c21-15-10-14(18-13-5-1-2-8-20(13)15)19-9-3-4-12(19)16(22)17-11-6-7-11/h1-2,5,8,10-12H,3-4,6-7,9H2,(H,17,22). The fourth-order valence-electron chi connectivity index (χ4n) is 3.03. The third kappa shape index (κ3) is 2.34. The molecule has 1 saturated heterocycles. The van der Waals surface area contributed by atoms with Crippen molar-refractivity contribution in [2.75, 3.05) is 11.4 Å². The van der Waals surface area contributed by atoms with Gasteiger partial charge in [-0.3, -0.25) is 14.0 Å². The molecule has 114 valence electrons. The van der Waals surface area contributed by atoms with Gasteiger partial charge < -0.3 is 10.2 Å². The van der Waals surface area contributed by atoms with Crippen LogP contribution in [-0.4, -0.2) is 33.9 Å². The van der Waals surface area contributed by atoms with Gasteiger partial charge in [0.1, 0.15) is 17.5 Å². The molecule has 0 bridgehead atoms. The number of carbonyl (C=O) groups excluding carboxylic acids is 1. The van der Waals surface area contributed by atoms with Gasteiger partial charge in [-0.05, 0) is 37.8 Å². The molecular formula is C16H18N4O2. The normalized spacial score (nSPS) is 21.3. The molecular weight excluding hydrogens is 280 g/mol. The summed E-state index contributed by atoms with van der Waals surface area (Å²) >= 11 is 0. The van der Waals surface area contributed by atoms with Gasteiger partial charge in [0.2, 0.25) is 5.91 Å². The molecule has 1 atom stereocenters. The van der Waals surface area contributed by atoms with E-state index in [2.05, 4.69) is 10.3 Å². The summed E-state index contributed by atoms with van der Waals surface area (Å²) in [4.78, 5) is 31.1. The summed E-state index contributed by atoms with van der Waals surface area (Å²) < 4.78 is 1.51. The molecule has 1 aliphatic heterocycles. The lowest BCUT2D eigenvalue weighted by molar-refractivity contribution is -0.122. The molecule has 2 aromatic rings. The Morgan fingerprint density at radius 3 is 2.95 bits per heavy atom. The number of rotatable bonds is 3. The van der Waals surface area contributed by atoms with E-state index in [9.17, 15) is 9.59 Å². The van der Waals surface area contributed by atoms with Gasteiger partial charge in [-0.1, -0.05) is 6.07 Å². The predicted octanol–water partition coefficient (Wildman–Crippen LogP) is 0.942. The highest BCUT2D eigenvalue weighted by Crippen LogP contribution is 2.25. The van der Waals surface area contributed by atoms with Crippen molar-refractivity contribution in [2.45, 2.75) is 37.8 Å². The summed E-state index contributed by atoms with van der Waals surface area (Å²) in [5.74, 6) is 0.666. The summed E-state index contributed by atoms with van der Waals surface area (Å²) in [5, 5.41) is 3.06. The number of aromatic nitrogens is 2. The first-order valence-corrected chi connectivity index (χ1v) is 7.78. The molecule has 1 aliphatic carbocycles. The van der Waals surface area contributed by atoms with Gasteiger partial charge >= 0.3 is 0 Å². The Bertz CT molecular complexity index is 781. The van der Waals surface area contributed by atoms with Crippen molar-refractivity contribution >= 4 is 17.4 Å². The molecule has 3 heterocycles. The molecule has 1 N–H and O–H groups in total. The van der Waals surface area contributed by atoms with Crippen LogP contribution in [0, 0.1) is 0 Å². The molecule has 6 heteroatoms. The molecule has 6 nitrogen and oxygen atoms in total. The van der Waals surface area contributed by atoms with Gasteiger partial charge in [0.25, 0.3) is 5.56 Å². The molecule has 1 amide bonds. The Kier molecular flexibility index (Phi) is 3.10. The number of pyridine rings is 1. The first kappa shape index (κ1) is 13.3. The van der Waals surface area contributed by atoms with Crippen LogP contribution < -0.4 is 15.8 Å². The maximum Gasteiger partial charge on any atom is 0.259 e. The van der Waals surface area contributed by atoms with Crippen LogP contribution in [0.2, 0.25) is 0 Å². The number of fused-ring (bicyclic) bond motifs is 1. The van der Waals surface area contributed by atoms with Gasteiger partial charge in [-0.25, -0.2) is 4.98 Å². The molecule has 0 radical (unpaired) electrons. The van der Waals surface area contributed by atoms with Gasteiger partial charge in [0, 0.05) is 24.8 Å². The second kappa shape index (κ2) is 5.12. The van der Waals surface area contributed by atoms with Crippen LogP contribution in [0.5, 0.6) is 0 Å².